The van der Waals surface area contributed by atoms with E-state index in [1.165, 1.54) is 0 Å². The quantitative estimate of drug-likeness (QED) is 0.452. The molecule has 3 radical (unpaired) electrons. The van der Waals surface area contributed by atoms with Crippen LogP contribution in [0.1, 0.15) is 25.7 Å². The molecule has 0 bridgehead atoms. The maximum atomic E-state index is 12.4. The Bertz CT molecular complexity index is 145. The molecule has 0 aromatic rings. The third-order valence-electron chi connectivity index (χ3n) is 2.64. The van der Waals surface area contributed by atoms with Crippen LogP contribution in [0.2, 0.25) is 5.02 Å². The topological polar surface area (TPSA) is 30.5 Å². The minimum Gasteiger partial charge on any atom is -1.00 e. The predicted molar refractivity (Wildman–Crippen MR) is 33.9 cm³/mol. The van der Waals surface area contributed by atoms with E-state index in [2.05, 4.69) is 0 Å². The molecule has 13 heavy (non-hydrogen) atoms. The molecule has 0 spiro atoms. The first-order valence-corrected chi connectivity index (χ1v) is 5.98. The fourth-order valence-corrected chi connectivity index (χ4v) is 3.37. The fraction of sp³-hybridized carbons (Fsp3) is 1.00. The van der Waals surface area contributed by atoms with Crippen molar-refractivity contribution in [3.63, 3.8) is 0 Å². The van der Waals surface area contributed by atoms with Gasteiger partial charge in [-0.1, -0.05) is 0 Å². The van der Waals surface area contributed by atoms with E-state index in [1.54, 1.807) is 0 Å². The van der Waals surface area contributed by atoms with Gasteiger partial charge < -0.3 is 24.0 Å². The summed E-state index contributed by atoms with van der Waals surface area (Å²) >= 11 is 0.763. The van der Waals surface area contributed by atoms with Crippen molar-refractivity contribution in [3.05, 3.63) is 0 Å². The minimum absolute atomic E-state index is 0. The van der Waals surface area contributed by atoms with E-state index in [0.29, 0.717) is 17.9 Å². The summed E-state index contributed by atoms with van der Waals surface area (Å²) in [5, 5.41) is 0.372. The van der Waals surface area contributed by atoms with Crippen LogP contribution in [0, 0.1) is 5.41 Å². The third-order valence-corrected chi connectivity index (χ3v) is 4.65. The van der Waals surface area contributed by atoms with Gasteiger partial charge in [0.05, 0.1) is 0 Å². The number of hydrogen-bond acceptors (Lipinski definition) is 0. The zero-order valence-electron chi connectivity index (χ0n) is 7.20. The number of nitrogens with zero attached hydrogens (tertiary/aromatic N) is 1. The van der Waals surface area contributed by atoms with Crippen LogP contribution in [0.5, 0.6) is 0 Å². The van der Waals surface area contributed by atoms with E-state index in [4.69, 9.17) is 0 Å². The Balaban J connectivity index is 0. The molecule has 6 heteroatoms. The van der Waals surface area contributed by atoms with Crippen LogP contribution >= 0.6 is 0 Å². The second-order valence-corrected chi connectivity index (χ2v) is 4.28. The van der Waals surface area contributed by atoms with Crippen molar-refractivity contribution in [2.24, 2.45) is 5.41 Å². The van der Waals surface area contributed by atoms with Crippen molar-refractivity contribution in [1.82, 2.24) is 6.15 Å². The average Bonchev–Trinajstić information content (AvgIpc) is 2.33. The van der Waals surface area contributed by atoms with Crippen LogP contribution < -0.4 is 30.1 Å². The third kappa shape index (κ3) is 3.31. The summed E-state index contributed by atoms with van der Waals surface area (Å²) in [5.74, 6) is 0. The van der Waals surface area contributed by atoms with Gasteiger partial charge in [-0.15, -0.1) is 0 Å². The molecule has 0 aliphatic heterocycles. The number of halogens is 4. The average molecular weight is 357 g/mol. The van der Waals surface area contributed by atoms with Crippen LogP contribution in [0.4, 0.5) is 13.2 Å². The molecular formula is C7H10F3INZn. The first-order valence-electron chi connectivity index (χ1n) is 3.88. The molecule has 1 aliphatic rings. The van der Waals surface area contributed by atoms with E-state index in [0.717, 1.165) is 31.1 Å². The second-order valence-electron chi connectivity index (χ2n) is 3.24. The Labute approximate surface area is 103 Å². The Hall–Kier alpha value is 1.10. The number of alkyl halides is 3. The zero-order chi connectivity index (χ0) is 8.54. The molecule has 1 fully saturated rings. The van der Waals surface area contributed by atoms with Gasteiger partial charge in [0.1, 0.15) is 0 Å². The SMILES string of the molecule is FC(F)(F)C1([CH2][Zn+])CCCC1.[I-].[N]. The molecule has 0 atom stereocenters. The monoisotopic (exact) mass is 356 g/mol. The molecule has 1 rings (SSSR count). The molecule has 0 unspecified atom stereocenters. The van der Waals surface area contributed by atoms with Gasteiger partial charge in [0.2, 0.25) is 0 Å². The molecule has 1 nitrogen and oxygen atoms in total. The number of rotatable bonds is 1. The maximum Gasteiger partial charge on any atom is 0 e. The Morgan fingerprint density at radius 1 is 1.15 bits per heavy atom. The molecule has 0 saturated heterocycles. The smallest absolute Gasteiger partial charge is 0 e. The van der Waals surface area contributed by atoms with Gasteiger partial charge in [0, 0.05) is 6.15 Å². The molecule has 0 aromatic heterocycles. The van der Waals surface area contributed by atoms with Crippen molar-refractivity contribution in [1.29, 1.82) is 0 Å². The zero-order valence-corrected chi connectivity index (χ0v) is 12.3. The van der Waals surface area contributed by atoms with E-state index in [-0.39, 0.29) is 30.1 Å². The molecule has 1 aliphatic carbocycles. The second kappa shape index (κ2) is 5.86. The first-order chi connectivity index (χ1) is 5.02. The Morgan fingerprint density at radius 3 is 1.69 bits per heavy atom. The van der Waals surface area contributed by atoms with Gasteiger partial charge in [-0.05, 0) is 0 Å². The van der Waals surface area contributed by atoms with Crippen LogP contribution in [-0.2, 0) is 18.3 Å². The summed E-state index contributed by atoms with van der Waals surface area (Å²) in [4.78, 5) is 0. The van der Waals surface area contributed by atoms with E-state index >= 15 is 0 Å². The van der Waals surface area contributed by atoms with Gasteiger partial charge in [-0.25, -0.2) is 0 Å². The summed E-state index contributed by atoms with van der Waals surface area (Å²) in [6, 6.07) is 0. The summed E-state index contributed by atoms with van der Waals surface area (Å²) < 4.78 is 37.3. The number of hydrogen-bond donors (Lipinski definition) is 0. The fourth-order valence-electron chi connectivity index (χ4n) is 1.73. The molecule has 0 aromatic carbocycles. The van der Waals surface area contributed by atoms with Crippen molar-refractivity contribution in [3.8, 4) is 0 Å². The minimum atomic E-state index is -3.94. The van der Waals surface area contributed by atoms with Crippen molar-refractivity contribution < 1.29 is 55.5 Å². The summed E-state index contributed by atoms with van der Waals surface area (Å²) in [6.07, 6.45) is -1.67. The molecule has 73 valence electrons. The summed E-state index contributed by atoms with van der Waals surface area (Å²) in [5.41, 5.74) is -1.27. The van der Waals surface area contributed by atoms with Gasteiger partial charge in [-0.2, -0.15) is 0 Å². The standard InChI is InChI=1S/C7H10F3.HI.N.Zn/c1-6(7(8,9)10)4-2-3-5-6;;;/h1-5H2;1H;;/q;;;+1/p-1. The van der Waals surface area contributed by atoms with Gasteiger partial charge in [0.15, 0.2) is 0 Å². The van der Waals surface area contributed by atoms with Crippen molar-refractivity contribution >= 4 is 0 Å². The largest absolute Gasteiger partial charge is 1.00 e. The molecule has 0 heterocycles. The molecule has 0 N–H and O–H groups in total. The maximum absolute atomic E-state index is 12.4. The molecule has 0 amide bonds. The normalized spacial score (nSPS) is 20.4. The van der Waals surface area contributed by atoms with E-state index in [9.17, 15) is 13.2 Å². The van der Waals surface area contributed by atoms with Crippen molar-refractivity contribution in [2.75, 3.05) is 0 Å². The predicted octanol–water partition coefficient (Wildman–Crippen LogP) is -0.402. The Kier molecular flexibility index (Phi) is 7.45. The van der Waals surface area contributed by atoms with Crippen LogP contribution in [-0.4, -0.2) is 6.18 Å². The Morgan fingerprint density at radius 2 is 1.54 bits per heavy atom. The van der Waals surface area contributed by atoms with Crippen molar-refractivity contribution in [2.45, 2.75) is 36.9 Å². The van der Waals surface area contributed by atoms with Crippen LogP contribution in [0.3, 0.4) is 0 Å². The van der Waals surface area contributed by atoms with E-state index < -0.39 is 11.6 Å². The molecule has 1 saturated carbocycles. The summed E-state index contributed by atoms with van der Waals surface area (Å²) in [6.45, 7) is 0. The summed E-state index contributed by atoms with van der Waals surface area (Å²) in [7, 11) is 0. The first kappa shape index (κ1) is 16.5. The van der Waals surface area contributed by atoms with E-state index in [1.807, 2.05) is 0 Å². The van der Waals surface area contributed by atoms with Crippen LogP contribution in [0.25, 0.3) is 0 Å². The van der Waals surface area contributed by atoms with Crippen LogP contribution in [0.15, 0.2) is 0 Å². The van der Waals surface area contributed by atoms with Gasteiger partial charge >= 0.3 is 73.8 Å². The molecular weight excluding hydrogens is 347 g/mol. The van der Waals surface area contributed by atoms with Gasteiger partial charge in [0.25, 0.3) is 0 Å². The van der Waals surface area contributed by atoms with Gasteiger partial charge in [-0.3, -0.25) is 0 Å².